The average Bonchev–Trinajstić information content (AvgIpc) is 2.09. The third-order valence-corrected chi connectivity index (χ3v) is 2.20. The van der Waals surface area contributed by atoms with E-state index >= 15 is 0 Å². The first-order chi connectivity index (χ1) is 6.93. The normalized spacial score (nSPS) is 9.80. The zero-order chi connectivity index (χ0) is 11.6. The van der Waals surface area contributed by atoms with Crippen LogP contribution in [0.1, 0.15) is 28.4 Å². The SMILES string of the molecule is CC(=O)Nc1ccc(C)c(C(=O)O)c1C. The highest BCUT2D eigenvalue weighted by molar-refractivity contribution is 5.96. The summed E-state index contributed by atoms with van der Waals surface area (Å²) in [6.45, 7) is 4.80. The van der Waals surface area contributed by atoms with Gasteiger partial charge in [0.25, 0.3) is 0 Å². The minimum Gasteiger partial charge on any atom is -0.478 e. The molecule has 15 heavy (non-hydrogen) atoms. The summed E-state index contributed by atoms with van der Waals surface area (Å²) in [5.74, 6) is -1.18. The van der Waals surface area contributed by atoms with Crippen molar-refractivity contribution in [3.8, 4) is 0 Å². The van der Waals surface area contributed by atoms with Crippen LogP contribution in [0.4, 0.5) is 5.69 Å². The van der Waals surface area contributed by atoms with Crippen molar-refractivity contribution in [2.75, 3.05) is 5.32 Å². The van der Waals surface area contributed by atoms with Gasteiger partial charge in [-0.2, -0.15) is 0 Å². The predicted octanol–water partition coefficient (Wildman–Crippen LogP) is 1.96. The van der Waals surface area contributed by atoms with Crippen molar-refractivity contribution >= 4 is 17.6 Å². The molecule has 2 N–H and O–H groups in total. The summed E-state index contributed by atoms with van der Waals surface area (Å²) in [5.41, 5.74) is 2.07. The Bertz CT molecular complexity index is 424. The Morgan fingerprint density at radius 1 is 1.27 bits per heavy atom. The average molecular weight is 207 g/mol. The van der Waals surface area contributed by atoms with E-state index in [4.69, 9.17) is 5.11 Å². The van der Waals surface area contributed by atoms with E-state index in [2.05, 4.69) is 5.32 Å². The van der Waals surface area contributed by atoms with Gasteiger partial charge < -0.3 is 10.4 Å². The van der Waals surface area contributed by atoms with E-state index in [1.807, 2.05) is 0 Å². The Morgan fingerprint density at radius 2 is 1.87 bits per heavy atom. The van der Waals surface area contributed by atoms with Gasteiger partial charge in [-0.05, 0) is 31.0 Å². The molecule has 0 spiro atoms. The minimum absolute atomic E-state index is 0.210. The van der Waals surface area contributed by atoms with Crippen LogP contribution < -0.4 is 5.32 Å². The van der Waals surface area contributed by atoms with Crippen molar-refractivity contribution in [3.63, 3.8) is 0 Å². The van der Waals surface area contributed by atoms with Gasteiger partial charge in [0, 0.05) is 12.6 Å². The van der Waals surface area contributed by atoms with Crippen molar-refractivity contribution < 1.29 is 14.7 Å². The molecule has 0 heterocycles. The number of aromatic carboxylic acids is 1. The molecule has 1 aromatic rings. The Labute approximate surface area is 87.9 Å². The number of hydrogen-bond donors (Lipinski definition) is 2. The topological polar surface area (TPSA) is 66.4 Å². The zero-order valence-corrected chi connectivity index (χ0v) is 8.92. The number of carbonyl (C=O) groups is 2. The molecule has 0 aliphatic heterocycles. The number of carboxylic acid groups (broad SMARTS) is 1. The molecule has 0 bridgehead atoms. The molecular weight excluding hydrogens is 194 g/mol. The van der Waals surface area contributed by atoms with Crippen LogP contribution in [0.5, 0.6) is 0 Å². The molecule has 0 atom stereocenters. The predicted molar refractivity (Wildman–Crippen MR) is 57.2 cm³/mol. The molecule has 0 aliphatic rings. The molecule has 0 saturated heterocycles. The fraction of sp³-hybridized carbons (Fsp3) is 0.273. The molecule has 1 aromatic carbocycles. The van der Waals surface area contributed by atoms with Gasteiger partial charge in [0.1, 0.15) is 0 Å². The highest BCUT2D eigenvalue weighted by Gasteiger charge is 2.13. The van der Waals surface area contributed by atoms with E-state index < -0.39 is 5.97 Å². The maximum atomic E-state index is 11.0. The summed E-state index contributed by atoms with van der Waals surface area (Å²) < 4.78 is 0. The summed E-state index contributed by atoms with van der Waals surface area (Å²) >= 11 is 0. The quantitative estimate of drug-likeness (QED) is 0.779. The lowest BCUT2D eigenvalue weighted by molar-refractivity contribution is -0.114. The number of rotatable bonds is 2. The van der Waals surface area contributed by atoms with Crippen LogP contribution in [-0.2, 0) is 4.79 Å². The molecule has 0 aliphatic carbocycles. The van der Waals surface area contributed by atoms with Crippen LogP contribution in [-0.4, -0.2) is 17.0 Å². The largest absolute Gasteiger partial charge is 0.478 e. The smallest absolute Gasteiger partial charge is 0.336 e. The van der Waals surface area contributed by atoms with Crippen LogP contribution >= 0.6 is 0 Å². The van der Waals surface area contributed by atoms with Gasteiger partial charge in [-0.1, -0.05) is 6.07 Å². The Morgan fingerprint density at radius 3 is 2.33 bits per heavy atom. The second kappa shape index (κ2) is 4.13. The molecule has 0 fully saturated rings. The Balaban J connectivity index is 3.28. The van der Waals surface area contributed by atoms with Gasteiger partial charge >= 0.3 is 5.97 Å². The van der Waals surface area contributed by atoms with E-state index in [1.165, 1.54) is 6.92 Å². The first-order valence-electron chi connectivity index (χ1n) is 4.54. The van der Waals surface area contributed by atoms with Gasteiger partial charge in [-0.25, -0.2) is 4.79 Å². The van der Waals surface area contributed by atoms with Crippen molar-refractivity contribution in [3.05, 3.63) is 28.8 Å². The maximum absolute atomic E-state index is 11.0. The van der Waals surface area contributed by atoms with Crippen molar-refractivity contribution in [1.82, 2.24) is 0 Å². The summed E-state index contributed by atoms with van der Waals surface area (Å²) in [4.78, 5) is 21.8. The van der Waals surface area contributed by atoms with E-state index in [0.29, 0.717) is 16.8 Å². The van der Waals surface area contributed by atoms with Gasteiger partial charge in [0.05, 0.1) is 5.56 Å². The van der Waals surface area contributed by atoms with Gasteiger partial charge in [0.2, 0.25) is 5.91 Å². The van der Waals surface area contributed by atoms with Gasteiger partial charge in [0.15, 0.2) is 0 Å². The van der Waals surface area contributed by atoms with E-state index in [9.17, 15) is 9.59 Å². The fourth-order valence-electron chi connectivity index (χ4n) is 1.50. The molecule has 0 aromatic heterocycles. The lowest BCUT2D eigenvalue weighted by Crippen LogP contribution is -2.11. The van der Waals surface area contributed by atoms with Gasteiger partial charge in [-0.3, -0.25) is 4.79 Å². The third kappa shape index (κ3) is 2.34. The lowest BCUT2D eigenvalue weighted by atomic mass is 10.0. The molecule has 0 unspecified atom stereocenters. The molecule has 4 nitrogen and oxygen atoms in total. The number of benzene rings is 1. The number of nitrogens with one attached hydrogen (secondary N) is 1. The molecule has 4 heteroatoms. The number of hydrogen-bond acceptors (Lipinski definition) is 2. The van der Waals surface area contributed by atoms with Crippen LogP contribution in [0.2, 0.25) is 0 Å². The summed E-state index contributed by atoms with van der Waals surface area (Å²) in [6, 6.07) is 3.39. The number of carboxylic acids is 1. The second-order valence-electron chi connectivity index (χ2n) is 3.42. The highest BCUT2D eigenvalue weighted by Crippen LogP contribution is 2.22. The molecule has 1 rings (SSSR count). The number of amides is 1. The number of aryl methyl sites for hydroxylation is 1. The van der Waals surface area contributed by atoms with E-state index in [-0.39, 0.29) is 11.5 Å². The van der Waals surface area contributed by atoms with E-state index in [1.54, 1.807) is 26.0 Å². The summed E-state index contributed by atoms with van der Waals surface area (Å²) in [5, 5.41) is 11.6. The van der Waals surface area contributed by atoms with Crippen molar-refractivity contribution in [2.45, 2.75) is 20.8 Å². The molecule has 1 amide bonds. The van der Waals surface area contributed by atoms with Crippen LogP contribution in [0.3, 0.4) is 0 Å². The third-order valence-electron chi connectivity index (χ3n) is 2.20. The van der Waals surface area contributed by atoms with Crippen LogP contribution in [0.25, 0.3) is 0 Å². The Hall–Kier alpha value is -1.84. The molecule has 80 valence electrons. The fourth-order valence-corrected chi connectivity index (χ4v) is 1.50. The van der Waals surface area contributed by atoms with Crippen LogP contribution in [0, 0.1) is 13.8 Å². The van der Waals surface area contributed by atoms with Gasteiger partial charge in [-0.15, -0.1) is 0 Å². The lowest BCUT2D eigenvalue weighted by Gasteiger charge is -2.11. The minimum atomic E-state index is -0.975. The summed E-state index contributed by atoms with van der Waals surface area (Å²) in [6.07, 6.45) is 0. The molecule has 0 saturated carbocycles. The monoisotopic (exact) mass is 207 g/mol. The van der Waals surface area contributed by atoms with Crippen LogP contribution in [0.15, 0.2) is 12.1 Å². The molecular formula is C11H13NO3. The maximum Gasteiger partial charge on any atom is 0.336 e. The van der Waals surface area contributed by atoms with Crippen molar-refractivity contribution in [1.29, 1.82) is 0 Å². The summed E-state index contributed by atoms with van der Waals surface area (Å²) in [7, 11) is 0. The Kier molecular flexibility index (Phi) is 3.09. The van der Waals surface area contributed by atoms with E-state index in [0.717, 1.165) is 0 Å². The van der Waals surface area contributed by atoms with Crippen molar-refractivity contribution in [2.24, 2.45) is 0 Å². The first-order valence-corrected chi connectivity index (χ1v) is 4.54. The standard InChI is InChI=1S/C11H13NO3/c1-6-4-5-9(12-8(3)13)7(2)10(6)11(14)15/h4-5H,1-3H3,(H,12,13)(H,14,15). The second-order valence-corrected chi connectivity index (χ2v) is 3.42. The first kappa shape index (κ1) is 11.2. The number of carbonyl (C=O) groups excluding carboxylic acids is 1. The number of anilines is 1. The highest BCUT2D eigenvalue weighted by atomic mass is 16.4. The zero-order valence-electron chi connectivity index (χ0n) is 8.92. The molecule has 0 radical (unpaired) electrons.